The lowest BCUT2D eigenvalue weighted by Crippen LogP contribution is -2.39. The molecule has 0 atom stereocenters. The summed E-state index contributed by atoms with van der Waals surface area (Å²) in [5.74, 6) is 0.278. The van der Waals surface area contributed by atoms with Crippen LogP contribution in [-0.4, -0.2) is 25.8 Å². The number of nitrogens with zero attached hydrogens (tertiary/aromatic N) is 1. The Morgan fingerprint density at radius 3 is 2.39 bits per heavy atom. The van der Waals surface area contributed by atoms with Gasteiger partial charge in [-0.1, -0.05) is 35.9 Å². The minimum atomic E-state index is -3.61. The van der Waals surface area contributed by atoms with Crippen molar-refractivity contribution < 1.29 is 12.8 Å². The van der Waals surface area contributed by atoms with E-state index in [-0.39, 0.29) is 9.92 Å². The van der Waals surface area contributed by atoms with Crippen LogP contribution in [-0.2, 0) is 10.0 Å². The number of sulfonamides is 1. The number of benzene rings is 1. The van der Waals surface area contributed by atoms with Crippen LogP contribution in [0.2, 0.25) is 5.02 Å². The second-order valence-corrected chi connectivity index (χ2v) is 8.33. The molecule has 1 heterocycles. The van der Waals surface area contributed by atoms with Crippen LogP contribution in [0.5, 0.6) is 0 Å². The maximum absolute atomic E-state index is 13.2. The highest BCUT2D eigenvalue weighted by Gasteiger charge is 2.31. The predicted molar refractivity (Wildman–Crippen MR) is 89.3 cm³/mol. The van der Waals surface area contributed by atoms with Gasteiger partial charge in [0.2, 0.25) is 10.0 Å². The third kappa shape index (κ3) is 3.52. The highest BCUT2D eigenvalue weighted by atomic mass is 35.5. The maximum atomic E-state index is 13.2. The molecule has 0 radical (unpaired) electrons. The van der Waals surface area contributed by atoms with E-state index in [1.54, 1.807) is 0 Å². The molecule has 3 nitrogen and oxygen atoms in total. The molecule has 0 saturated carbocycles. The molecule has 1 aromatic rings. The van der Waals surface area contributed by atoms with Crippen molar-refractivity contribution in [2.24, 2.45) is 11.8 Å². The highest BCUT2D eigenvalue weighted by Crippen LogP contribution is 2.31. The van der Waals surface area contributed by atoms with E-state index in [0.717, 1.165) is 25.3 Å². The van der Waals surface area contributed by atoms with Crippen LogP contribution in [0, 0.1) is 17.7 Å². The third-order valence-electron chi connectivity index (χ3n) is 4.56. The first-order valence-electron chi connectivity index (χ1n) is 7.77. The monoisotopic (exact) mass is 355 g/mol. The molecule has 124 valence electrons. The highest BCUT2D eigenvalue weighted by molar-refractivity contribution is 7.89. The molecule has 0 amide bonds. The normalized spacial score (nSPS) is 21.0. The summed E-state index contributed by atoms with van der Waals surface area (Å²) in [5.41, 5.74) is 0. The Balaban J connectivity index is 1.70. The summed E-state index contributed by atoms with van der Waals surface area (Å²) in [7, 11) is -3.61. The van der Waals surface area contributed by atoms with Crippen LogP contribution < -0.4 is 0 Å². The van der Waals surface area contributed by atoms with Crippen LogP contribution in [0.15, 0.2) is 47.4 Å². The van der Waals surface area contributed by atoms with Gasteiger partial charge in [0.25, 0.3) is 0 Å². The zero-order chi connectivity index (χ0) is 16.4. The topological polar surface area (TPSA) is 37.4 Å². The molecule has 0 N–H and O–H groups in total. The first kappa shape index (κ1) is 16.7. The summed E-state index contributed by atoms with van der Waals surface area (Å²) in [5, 5.41) is -0.168. The Kier molecular flexibility index (Phi) is 4.90. The van der Waals surface area contributed by atoms with Crippen LogP contribution in [0.1, 0.15) is 19.3 Å². The molecule has 1 fully saturated rings. The molecule has 0 unspecified atom stereocenters. The molecule has 3 rings (SSSR count). The third-order valence-corrected chi connectivity index (χ3v) is 6.74. The van der Waals surface area contributed by atoms with Crippen LogP contribution in [0.25, 0.3) is 0 Å². The van der Waals surface area contributed by atoms with Gasteiger partial charge in [-0.25, -0.2) is 12.8 Å². The summed E-state index contributed by atoms with van der Waals surface area (Å²) in [6, 6.07) is 3.56. The van der Waals surface area contributed by atoms with Crippen molar-refractivity contribution in [1.82, 2.24) is 4.31 Å². The lowest BCUT2D eigenvalue weighted by molar-refractivity contribution is 0.250. The van der Waals surface area contributed by atoms with Gasteiger partial charge < -0.3 is 0 Å². The van der Waals surface area contributed by atoms with Crippen LogP contribution in [0.3, 0.4) is 0 Å². The zero-order valence-corrected chi connectivity index (χ0v) is 14.2. The quantitative estimate of drug-likeness (QED) is 0.768. The first-order valence-corrected chi connectivity index (χ1v) is 9.59. The molecule has 0 aromatic heterocycles. The second kappa shape index (κ2) is 6.75. The molecular formula is C17H19ClFNO2S. The standard InChI is InChI=1S/C17H19ClFNO2S/c18-16-12-15(6-7-17(16)19)23(21,22)20-10-8-14(9-11-20)13-4-2-1-3-5-13/h2-7,12-14H,1,8-11H2. The number of halogens is 2. The summed E-state index contributed by atoms with van der Waals surface area (Å²) < 4.78 is 40.0. The Morgan fingerprint density at radius 2 is 1.78 bits per heavy atom. The van der Waals surface area contributed by atoms with E-state index >= 15 is 0 Å². The number of allylic oxidation sites excluding steroid dienone is 4. The van der Waals surface area contributed by atoms with E-state index in [1.165, 1.54) is 16.4 Å². The molecule has 2 aliphatic rings. The molecule has 1 aromatic carbocycles. The van der Waals surface area contributed by atoms with E-state index in [1.807, 2.05) is 0 Å². The second-order valence-electron chi connectivity index (χ2n) is 5.99. The van der Waals surface area contributed by atoms with Gasteiger partial charge in [-0.2, -0.15) is 4.31 Å². The lowest BCUT2D eigenvalue weighted by Gasteiger charge is -2.34. The molecule has 6 heteroatoms. The van der Waals surface area contributed by atoms with Gasteiger partial charge in [0.1, 0.15) is 5.82 Å². The van der Waals surface area contributed by atoms with Gasteiger partial charge in [-0.3, -0.25) is 0 Å². The fraction of sp³-hybridized carbons (Fsp3) is 0.412. The smallest absolute Gasteiger partial charge is 0.207 e. The van der Waals surface area contributed by atoms with Crippen molar-refractivity contribution in [1.29, 1.82) is 0 Å². The van der Waals surface area contributed by atoms with Gasteiger partial charge in [0, 0.05) is 13.1 Å². The molecule has 1 saturated heterocycles. The van der Waals surface area contributed by atoms with E-state index in [2.05, 4.69) is 24.3 Å². The predicted octanol–water partition coefficient (Wildman–Crippen LogP) is 4.01. The molecule has 0 spiro atoms. The molecule has 1 aliphatic carbocycles. The molecule has 0 bridgehead atoms. The van der Waals surface area contributed by atoms with Crippen molar-refractivity contribution >= 4 is 21.6 Å². The molecule has 1 aliphatic heterocycles. The Morgan fingerprint density at radius 1 is 1.13 bits per heavy atom. The van der Waals surface area contributed by atoms with Crippen molar-refractivity contribution in [3.05, 3.63) is 53.3 Å². The summed E-state index contributed by atoms with van der Waals surface area (Å²) in [6.45, 7) is 0.973. The minimum absolute atomic E-state index is 0.0554. The van der Waals surface area contributed by atoms with Crippen LogP contribution >= 0.6 is 11.6 Å². The van der Waals surface area contributed by atoms with Gasteiger partial charge >= 0.3 is 0 Å². The number of piperidine rings is 1. The SMILES string of the molecule is O=S(=O)(c1ccc(F)c(Cl)c1)N1CCC(C2C=CCC=C2)CC1. The summed E-state index contributed by atoms with van der Waals surface area (Å²) >= 11 is 5.71. The first-order chi connectivity index (χ1) is 11.0. The fourth-order valence-electron chi connectivity index (χ4n) is 3.22. The number of hydrogen-bond donors (Lipinski definition) is 0. The van der Waals surface area contributed by atoms with Crippen molar-refractivity contribution in [2.45, 2.75) is 24.2 Å². The van der Waals surface area contributed by atoms with E-state index in [9.17, 15) is 12.8 Å². The van der Waals surface area contributed by atoms with E-state index in [4.69, 9.17) is 11.6 Å². The van der Waals surface area contributed by atoms with Gasteiger partial charge in [0.05, 0.1) is 9.92 Å². The average molecular weight is 356 g/mol. The van der Waals surface area contributed by atoms with E-state index < -0.39 is 15.8 Å². The van der Waals surface area contributed by atoms with Crippen LogP contribution in [0.4, 0.5) is 4.39 Å². The Bertz CT molecular complexity index is 725. The largest absolute Gasteiger partial charge is 0.243 e. The summed E-state index contributed by atoms with van der Waals surface area (Å²) in [6.07, 6.45) is 11.4. The average Bonchev–Trinajstić information content (AvgIpc) is 2.58. The molecular weight excluding hydrogens is 337 g/mol. The Labute approximate surface area is 141 Å². The van der Waals surface area contributed by atoms with E-state index in [0.29, 0.717) is 24.9 Å². The maximum Gasteiger partial charge on any atom is 0.243 e. The van der Waals surface area contributed by atoms with Gasteiger partial charge in [-0.05, 0) is 49.3 Å². The fourth-order valence-corrected chi connectivity index (χ4v) is 4.96. The Hall–Kier alpha value is -1.17. The van der Waals surface area contributed by atoms with Crippen molar-refractivity contribution in [3.8, 4) is 0 Å². The molecule has 23 heavy (non-hydrogen) atoms. The van der Waals surface area contributed by atoms with Crippen molar-refractivity contribution in [3.63, 3.8) is 0 Å². The number of hydrogen-bond acceptors (Lipinski definition) is 2. The zero-order valence-electron chi connectivity index (χ0n) is 12.7. The number of rotatable bonds is 3. The van der Waals surface area contributed by atoms with Crippen molar-refractivity contribution in [2.75, 3.05) is 13.1 Å². The van der Waals surface area contributed by atoms with Gasteiger partial charge in [0.15, 0.2) is 0 Å². The lowest BCUT2D eigenvalue weighted by atomic mass is 9.83. The van der Waals surface area contributed by atoms with Gasteiger partial charge in [-0.15, -0.1) is 0 Å². The summed E-state index contributed by atoms with van der Waals surface area (Å²) in [4.78, 5) is 0.0554. The minimum Gasteiger partial charge on any atom is -0.207 e.